The SMILES string of the molecule is COCCOCCOCCOc1cnc(-n2cnc(C(=O)O)n2)c(O)c1. The quantitative estimate of drug-likeness (QED) is 0.497. The van der Waals surface area contributed by atoms with Crippen LogP contribution < -0.4 is 4.74 Å². The second kappa shape index (κ2) is 10.3. The van der Waals surface area contributed by atoms with Crippen molar-refractivity contribution >= 4 is 5.97 Å². The Morgan fingerprint density at radius 1 is 1.12 bits per heavy atom. The van der Waals surface area contributed by atoms with Gasteiger partial charge in [-0.1, -0.05) is 0 Å². The topological polar surface area (TPSA) is 138 Å². The number of aromatic hydroxyl groups is 1. The maximum absolute atomic E-state index is 10.8. The van der Waals surface area contributed by atoms with Crippen molar-refractivity contribution in [1.82, 2.24) is 19.7 Å². The van der Waals surface area contributed by atoms with Crippen molar-refractivity contribution in [3.05, 3.63) is 24.4 Å². The zero-order valence-electron chi connectivity index (χ0n) is 14.2. The second-order valence-electron chi connectivity index (χ2n) is 4.90. The number of carbonyl (C=O) groups is 1. The maximum atomic E-state index is 10.8. The van der Waals surface area contributed by atoms with E-state index in [9.17, 15) is 9.90 Å². The molecule has 0 aromatic carbocycles. The van der Waals surface area contributed by atoms with Gasteiger partial charge in [-0.2, -0.15) is 4.68 Å². The van der Waals surface area contributed by atoms with Crippen molar-refractivity contribution in [1.29, 1.82) is 0 Å². The molecule has 11 heteroatoms. The molecule has 0 fully saturated rings. The number of aromatic nitrogens is 4. The van der Waals surface area contributed by atoms with Crippen LogP contribution in [-0.4, -0.2) is 82.7 Å². The van der Waals surface area contributed by atoms with Crippen LogP contribution in [0.4, 0.5) is 0 Å². The summed E-state index contributed by atoms with van der Waals surface area (Å²) in [6.07, 6.45) is 2.53. The van der Waals surface area contributed by atoms with Gasteiger partial charge in [-0.3, -0.25) is 0 Å². The predicted molar refractivity (Wildman–Crippen MR) is 86.8 cm³/mol. The third kappa shape index (κ3) is 5.95. The van der Waals surface area contributed by atoms with E-state index < -0.39 is 11.8 Å². The maximum Gasteiger partial charge on any atom is 0.375 e. The van der Waals surface area contributed by atoms with Crippen LogP contribution in [0.15, 0.2) is 18.6 Å². The number of hydrogen-bond donors (Lipinski definition) is 2. The van der Waals surface area contributed by atoms with E-state index in [-0.39, 0.29) is 18.2 Å². The van der Waals surface area contributed by atoms with Crippen LogP contribution in [0.3, 0.4) is 0 Å². The Kier molecular flexibility index (Phi) is 7.74. The van der Waals surface area contributed by atoms with Gasteiger partial charge in [0.2, 0.25) is 0 Å². The minimum atomic E-state index is -1.27. The molecule has 0 aliphatic heterocycles. The second-order valence-corrected chi connectivity index (χ2v) is 4.90. The van der Waals surface area contributed by atoms with Crippen LogP contribution in [-0.2, 0) is 14.2 Å². The van der Waals surface area contributed by atoms with E-state index in [1.807, 2.05) is 0 Å². The van der Waals surface area contributed by atoms with Crippen molar-refractivity contribution in [2.75, 3.05) is 46.8 Å². The molecule has 0 aliphatic rings. The fourth-order valence-electron chi connectivity index (χ4n) is 1.83. The average Bonchev–Trinajstić information content (AvgIpc) is 3.10. The van der Waals surface area contributed by atoms with Crippen LogP contribution in [0.1, 0.15) is 10.6 Å². The first-order valence-corrected chi connectivity index (χ1v) is 7.73. The van der Waals surface area contributed by atoms with Crippen molar-refractivity contribution in [2.24, 2.45) is 0 Å². The monoisotopic (exact) mass is 368 g/mol. The zero-order valence-corrected chi connectivity index (χ0v) is 14.2. The Balaban J connectivity index is 1.74. The summed E-state index contributed by atoms with van der Waals surface area (Å²) in [6.45, 7) is 2.59. The molecule has 2 rings (SSSR count). The number of nitrogens with zero attached hydrogens (tertiary/aromatic N) is 4. The molecule has 142 valence electrons. The van der Waals surface area contributed by atoms with Crippen molar-refractivity contribution in [3.8, 4) is 17.3 Å². The summed E-state index contributed by atoms with van der Waals surface area (Å²) >= 11 is 0. The lowest BCUT2D eigenvalue weighted by atomic mass is 10.4. The molecule has 2 heterocycles. The smallest absolute Gasteiger partial charge is 0.375 e. The van der Waals surface area contributed by atoms with Crippen LogP contribution in [0.25, 0.3) is 5.82 Å². The highest BCUT2D eigenvalue weighted by atomic mass is 16.6. The van der Waals surface area contributed by atoms with Crippen LogP contribution in [0.5, 0.6) is 11.5 Å². The lowest BCUT2D eigenvalue weighted by Crippen LogP contribution is -2.12. The number of aromatic carboxylic acids is 1. The van der Waals surface area contributed by atoms with Gasteiger partial charge in [0.1, 0.15) is 18.7 Å². The highest BCUT2D eigenvalue weighted by molar-refractivity contribution is 5.82. The molecule has 0 bridgehead atoms. The summed E-state index contributed by atoms with van der Waals surface area (Å²) in [5.41, 5.74) is 0. The van der Waals surface area contributed by atoms with Gasteiger partial charge in [0.25, 0.3) is 5.82 Å². The van der Waals surface area contributed by atoms with Crippen molar-refractivity contribution in [2.45, 2.75) is 0 Å². The fraction of sp³-hybridized carbons (Fsp3) is 0.467. The third-order valence-electron chi connectivity index (χ3n) is 3.02. The van der Waals surface area contributed by atoms with Crippen LogP contribution >= 0.6 is 0 Å². The van der Waals surface area contributed by atoms with Gasteiger partial charge in [0.05, 0.1) is 39.2 Å². The number of carboxylic acid groups (broad SMARTS) is 1. The molecule has 0 saturated carbocycles. The molecule has 2 aromatic rings. The number of rotatable bonds is 12. The summed E-state index contributed by atoms with van der Waals surface area (Å²) in [5.74, 6) is -1.51. The zero-order chi connectivity index (χ0) is 18.8. The molecule has 26 heavy (non-hydrogen) atoms. The fourth-order valence-corrected chi connectivity index (χ4v) is 1.83. The van der Waals surface area contributed by atoms with Gasteiger partial charge >= 0.3 is 5.97 Å². The average molecular weight is 368 g/mol. The van der Waals surface area contributed by atoms with Crippen LogP contribution in [0.2, 0.25) is 0 Å². The normalized spacial score (nSPS) is 10.8. The van der Waals surface area contributed by atoms with E-state index in [0.29, 0.717) is 38.8 Å². The van der Waals surface area contributed by atoms with Gasteiger partial charge in [0.15, 0.2) is 11.6 Å². The van der Waals surface area contributed by atoms with E-state index in [1.54, 1.807) is 7.11 Å². The Morgan fingerprint density at radius 2 is 1.81 bits per heavy atom. The summed E-state index contributed by atoms with van der Waals surface area (Å²) in [4.78, 5) is 18.4. The van der Waals surface area contributed by atoms with Gasteiger partial charge in [0, 0.05) is 13.2 Å². The molecule has 0 amide bonds. The lowest BCUT2D eigenvalue weighted by Gasteiger charge is -2.09. The lowest BCUT2D eigenvalue weighted by molar-refractivity contribution is 0.0179. The molecule has 0 atom stereocenters. The highest BCUT2D eigenvalue weighted by Crippen LogP contribution is 2.23. The largest absolute Gasteiger partial charge is 0.504 e. The first kappa shape index (κ1) is 19.6. The van der Waals surface area contributed by atoms with Gasteiger partial charge in [-0.05, 0) is 0 Å². The minimum absolute atomic E-state index is 0.0433. The molecule has 2 N–H and O–H groups in total. The number of pyridine rings is 1. The first-order valence-electron chi connectivity index (χ1n) is 7.73. The Labute approximate surface area is 149 Å². The number of carboxylic acids is 1. The molecule has 0 radical (unpaired) electrons. The molecule has 0 spiro atoms. The van der Waals surface area contributed by atoms with Crippen LogP contribution in [0, 0.1) is 0 Å². The third-order valence-corrected chi connectivity index (χ3v) is 3.02. The molecule has 0 saturated heterocycles. The molecule has 0 aliphatic carbocycles. The summed E-state index contributed by atoms with van der Waals surface area (Å²) < 4.78 is 21.9. The van der Waals surface area contributed by atoms with Gasteiger partial charge in [-0.15, -0.1) is 5.10 Å². The van der Waals surface area contributed by atoms with E-state index >= 15 is 0 Å². The molecule has 0 unspecified atom stereocenters. The number of ether oxygens (including phenoxy) is 4. The summed E-state index contributed by atoms with van der Waals surface area (Å²) in [6, 6.07) is 1.35. The Hall–Kier alpha value is -2.76. The standard InChI is InChI=1S/C15H20N4O7/c1-23-2-3-24-4-5-25-6-7-26-11-8-12(20)14(16-9-11)19-10-17-13(18-19)15(21)22/h8-10,20H,2-7H2,1H3,(H,21,22). The first-order chi connectivity index (χ1) is 12.6. The minimum Gasteiger partial charge on any atom is -0.504 e. The summed E-state index contributed by atoms with van der Waals surface area (Å²) in [5, 5.41) is 22.5. The molecular formula is C15H20N4O7. The van der Waals surface area contributed by atoms with E-state index in [2.05, 4.69) is 15.1 Å². The van der Waals surface area contributed by atoms with Gasteiger partial charge < -0.3 is 29.2 Å². The van der Waals surface area contributed by atoms with E-state index in [4.69, 9.17) is 24.1 Å². The van der Waals surface area contributed by atoms with Crippen molar-refractivity contribution in [3.63, 3.8) is 0 Å². The van der Waals surface area contributed by atoms with Crippen molar-refractivity contribution < 1.29 is 34.0 Å². The molecule has 2 aromatic heterocycles. The predicted octanol–water partition coefficient (Wildman–Crippen LogP) is 0.124. The molecule has 11 nitrogen and oxygen atoms in total. The number of hydrogen-bond acceptors (Lipinski definition) is 9. The van der Waals surface area contributed by atoms with Gasteiger partial charge in [-0.25, -0.2) is 14.8 Å². The van der Waals surface area contributed by atoms with E-state index in [1.165, 1.54) is 12.3 Å². The summed E-state index contributed by atoms with van der Waals surface area (Å²) in [7, 11) is 1.61. The molecular weight excluding hydrogens is 348 g/mol. The highest BCUT2D eigenvalue weighted by Gasteiger charge is 2.13. The van der Waals surface area contributed by atoms with E-state index in [0.717, 1.165) is 11.0 Å². The Morgan fingerprint density at radius 3 is 2.42 bits per heavy atom. The number of methoxy groups -OCH3 is 1. The Bertz CT molecular complexity index is 707.